The Morgan fingerprint density at radius 1 is 1.08 bits per heavy atom. The van der Waals surface area contributed by atoms with Gasteiger partial charge >= 0.3 is 6.03 Å². The minimum Gasteiger partial charge on any atom is -0.337 e. The van der Waals surface area contributed by atoms with Gasteiger partial charge in [0.05, 0.1) is 11.0 Å². The molecule has 1 aromatic carbocycles. The molecule has 0 unspecified atom stereocenters. The number of likely N-dealkylation sites (tertiary alicyclic amines) is 1. The van der Waals surface area contributed by atoms with Crippen LogP contribution in [0.15, 0.2) is 24.3 Å². The van der Waals surface area contributed by atoms with Gasteiger partial charge in [0.25, 0.3) is 0 Å². The summed E-state index contributed by atoms with van der Waals surface area (Å²) < 4.78 is 2.14. The van der Waals surface area contributed by atoms with E-state index in [-0.39, 0.29) is 6.03 Å². The number of hydrogen-bond donors (Lipinski definition) is 2. The Morgan fingerprint density at radius 2 is 1.79 bits per heavy atom. The molecule has 2 heterocycles. The van der Waals surface area contributed by atoms with Crippen LogP contribution in [0.3, 0.4) is 0 Å². The molecule has 2 amide bonds. The number of piperidine rings is 1. The first kappa shape index (κ1) is 16.8. The fourth-order valence-corrected chi connectivity index (χ4v) is 3.33. The molecule has 0 aliphatic carbocycles. The van der Waals surface area contributed by atoms with Crippen molar-refractivity contribution in [3.63, 3.8) is 0 Å². The van der Waals surface area contributed by atoms with Crippen LogP contribution in [0, 0.1) is 6.92 Å². The van der Waals surface area contributed by atoms with Gasteiger partial charge < -0.3 is 20.1 Å². The van der Waals surface area contributed by atoms with Crippen LogP contribution in [0.5, 0.6) is 0 Å². The van der Waals surface area contributed by atoms with Gasteiger partial charge in [0.2, 0.25) is 0 Å². The van der Waals surface area contributed by atoms with Crippen LogP contribution < -0.4 is 10.6 Å². The van der Waals surface area contributed by atoms with Crippen molar-refractivity contribution < 1.29 is 4.79 Å². The van der Waals surface area contributed by atoms with E-state index in [0.29, 0.717) is 13.1 Å². The standard InChI is InChI=1S/C18H27N5O/c1-15-21-16-7-3-4-8-17(16)23(15)14-10-20-18(24)19-9-13-22-11-5-2-6-12-22/h3-4,7-8H,2,5-6,9-14H2,1H3,(H2,19,20,24). The average molecular weight is 329 g/mol. The molecule has 0 saturated carbocycles. The van der Waals surface area contributed by atoms with E-state index < -0.39 is 0 Å². The highest BCUT2D eigenvalue weighted by molar-refractivity contribution is 5.76. The number of benzene rings is 1. The number of aromatic nitrogens is 2. The first-order chi connectivity index (χ1) is 11.7. The summed E-state index contributed by atoms with van der Waals surface area (Å²) in [5, 5.41) is 5.88. The number of nitrogens with one attached hydrogen (secondary N) is 2. The Morgan fingerprint density at radius 3 is 2.58 bits per heavy atom. The lowest BCUT2D eigenvalue weighted by Gasteiger charge is -2.26. The van der Waals surface area contributed by atoms with Crippen molar-refractivity contribution in [1.82, 2.24) is 25.1 Å². The Kier molecular flexibility index (Phi) is 5.69. The highest BCUT2D eigenvalue weighted by Gasteiger charge is 2.10. The van der Waals surface area contributed by atoms with Crippen molar-refractivity contribution >= 4 is 17.1 Å². The molecule has 2 aromatic rings. The van der Waals surface area contributed by atoms with Crippen molar-refractivity contribution in [3.8, 4) is 0 Å². The van der Waals surface area contributed by atoms with Gasteiger partial charge in [0, 0.05) is 26.2 Å². The molecule has 6 nitrogen and oxygen atoms in total. The van der Waals surface area contributed by atoms with Crippen LogP contribution in [0.2, 0.25) is 0 Å². The Labute approximate surface area is 143 Å². The summed E-state index contributed by atoms with van der Waals surface area (Å²) in [5.74, 6) is 0.975. The summed E-state index contributed by atoms with van der Waals surface area (Å²) in [4.78, 5) is 18.9. The van der Waals surface area contributed by atoms with Crippen molar-refractivity contribution in [1.29, 1.82) is 0 Å². The molecular formula is C18H27N5O. The predicted molar refractivity (Wildman–Crippen MR) is 96.2 cm³/mol. The maximum absolute atomic E-state index is 11.9. The zero-order chi connectivity index (χ0) is 16.8. The molecule has 0 radical (unpaired) electrons. The van der Waals surface area contributed by atoms with Crippen molar-refractivity contribution in [2.24, 2.45) is 0 Å². The van der Waals surface area contributed by atoms with E-state index in [4.69, 9.17) is 0 Å². The van der Waals surface area contributed by atoms with Gasteiger partial charge in [-0.15, -0.1) is 0 Å². The fraction of sp³-hybridized carbons (Fsp3) is 0.556. The molecule has 24 heavy (non-hydrogen) atoms. The van der Waals surface area contributed by atoms with Crippen LogP contribution in [0.4, 0.5) is 4.79 Å². The van der Waals surface area contributed by atoms with Gasteiger partial charge in [-0.3, -0.25) is 0 Å². The number of carbonyl (C=O) groups is 1. The highest BCUT2D eigenvalue weighted by Crippen LogP contribution is 2.14. The molecule has 2 N–H and O–H groups in total. The van der Waals surface area contributed by atoms with Gasteiger partial charge in [0.15, 0.2) is 0 Å². The molecular weight excluding hydrogens is 302 g/mol. The minimum atomic E-state index is -0.0888. The van der Waals surface area contributed by atoms with E-state index in [1.165, 1.54) is 19.3 Å². The van der Waals surface area contributed by atoms with Gasteiger partial charge in [0.1, 0.15) is 5.82 Å². The third kappa shape index (κ3) is 4.26. The number of hydrogen-bond acceptors (Lipinski definition) is 3. The van der Waals surface area contributed by atoms with E-state index >= 15 is 0 Å². The zero-order valence-corrected chi connectivity index (χ0v) is 14.4. The number of rotatable bonds is 6. The number of amides is 2. The average Bonchev–Trinajstić information content (AvgIpc) is 2.92. The molecule has 1 fully saturated rings. The lowest BCUT2D eigenvalue weighted by molar-refractivity contribution is 0.220. The van der Waals surface area contributed by atoms with E-state index in [0.717, 1.165) is 43.0 Å². The van der Waals surface area contributed by atoms with Gasteiger partial charge in [-0.25, -0.2) is 9.78 Å². The molecule has 1 aliphatic rings. The molecule has 0 bridgehead atoms. The number of carbonyl (C=O) groups excluding carboxylic acids is 1. The summed E-state index contributed by atoms with van der Waals surface area (Å²) >= 11 is 0. The van der Waals surface area contributed by atoms with Crippen LogP contribution in [0.1, 0.15) is 25.1 Å². The molecule has 3 rings (SSSR count). The topological polar surface area (TPSA) is 62.2 Å². The van der Waals surface area contributed by atoms with Gasteiger partial charge in [-0.2, -0.15) is 0 Å². The van der Waals surface area contributed by atoms with Crippen LogP contribution in [-0.4, -0.2) is 53.2 Å². The van der Waals surface area contributed by atoms with Crippen molar-refractivity contribution in [2.75, 3.05) is 32.7 Å². The second-order valence-electron chi connectivity index (χ2n) is 6.38. The summed E-state index contributed by atoms with van der Waals surface area (Å²) in [5.41, 5.74) is 2.11. The Hall–Kier alpha value is -2.08. The zero-order valence-electron chi connectivity index (χ0n) is 14.4. The molecule has 0 atom stereocenters. The SMILES string of the molecule is Cc1nc2ccccc2n1CCNC(=O)NCCN1CCCCC1. The van der Waals surface area contributed by atoms with E-state index in [1.54, 1.807) is 0 Å². The fourth-order valence-electron chi connectivity index (χ4n) is 3.33. The Balaban J connectivity index is 1.39. The smallest absolute Gasteiger partial charge is 0.314 e. The molecule has 1 aromatic heterocycles. The third-order valence-corrected chi connectivity index (χ3v) is 4.63. The maximum Gasteiger partial charge on any atom is 0.314 e. The normalized spacial score (nSPS) is 15.5. The largest absolute Gasteiger partial charge is 0.337 e. The quantitative estimate of drug-likeness (QED) is 0.853. The number of nitrogens with zero attached hydrogens (tertiary/aromatic N) is 3. The van der Waals surface area contributed by atoms with Crippen molar-refractivity contribution in [3.05, 3.63) is 30.1 Å². The number of para-hydroxylation sites is 2. The van der Waals surface area contributed by atoms with Crippen LogP contribution in [-0.2, 0) is 6.54 Å². The molecule has 0 spiro atoms. The lowest BCUT2D eigenvalue weighted by atomic mass is 10.1. The number of aryl methyl sites for hydroxylation is 1. The molecule has 6 heteroatoms. The third-order valence-electron chi connectivity index (χ3n) is 4.63. The molecule has 1 saturated heterocycles. The van der Waals surface area contributed by atoms with Crippen molar-refractivity contribution in [2.45, 2.75) is 32.7 Å². The number of fused-ring (bicyclic) bond motifs is 1. The van der Waals surface area contributed by atoms with Gasteiger partial charge in [-0.1, -0.05) is 18.6 Å². The van der Waals surface area contributed by atoms with Crippen LogP contribution >= 0.6 is 0 Å². The summed E-state index contributed by atoms with van der Waals surface area (Å²) in [6.45, 7) is 7.30. The molecule has 1 aliphatic heterocycles. The summed E-state index contributed by atoms with van der Waals surface area (Å²) in [7, 11) is 0. The van der Waals surface area contributed by atoms with E-state index in [1.807, 2.05) is 25.1 Å². The lowest BCUT2D eigenvalue weighted by Crippen LogP contribution is -2.42. The highest BCUT2D eigenvalue weighted by atomic mass is 16.2. The maximum atomic E-state index is 11.9. The Bertz CT molecular complexity index is 675. The van der Waals surface area contributed by atoms with Gasteiger partial charge in [-0.05, 0) is 45.0 Å². The van der Waals surface area contributed by atoms with E-state index in [9.17, 15) is 4.79 Å². The minimum absolute atomic E-state index is 0.0888. The first-order valence-corrected chi connectivity index (χ1v) is 8.90. The second-order valence-corrected chi connectivity index (χ2v) is 6.38. The van der Waals surface area contributed by atoms with E-state index in [2.05, 4.69) is 31.2 Å². The summed E-state index contributed by atoms with van der Waals surface area (Å²) in [6, 6.07) is 8.00. The predicted octanol–water partition coefficient (Wildman–Crippen LogP) is 2.13. The monoisotopic (exact) mass is 329 g/mol. The first-order valence-electron chi connectivity index (χ1n) is 8.90. The number of urea groups is 1. The number of imidazole rings is 1. The summed E-state index contributed by atoms with van der Waals surface area (Å²) in [6.07, 6.45) is 3.90. The second kappa shape index (κ2) is 8.15. The van der Waals surface area contributed by atoms with Crippen LogP contribution in [0.25, 0.3) is 11.0 Å². The molecule has 130 valence electrons.